The molecule has 10 heteroatoms. The minimum Gasteiger partial charge on any atom is -0.324 e. The van der Waals surface area contributed by atoms with Crippen LogP contribution >= 0.6 is 11.9 Å². The number of aryl methyl sites for hydroxylation is 1. The number of rotatable bonds is 6. The van der Waals surface area contributed by atoms with Gasteiger partial charge in [0.25, 0.3) is 11.7 Å². The SMILES string of the molecule is Cc1cc(NC2=CN(Sc3ccc(NC(=O)C4(N)CC4)cc3)CC3=NC=C[N+]23)n[nH]1. The van der Waals surface area contributed by atoms with Gasteiger partial charge in [-0.15, -0.1) is 0 Å². The summed E-state index contributed by atoms with van der Waals surface area (Å²) in [7, 11) is 0. The van der Waals surface area contributed by atoms with Gasteiger partial charge in [-0.1, -0.05) is 0 Å². The monoisotopic (exact) mass is 422 g/mol. The highest BCUT2D eigenvalue weighted by molar-refractivity contribution is 7.97. The number of carbonyl (C=O) groups is 1. The largest absolute Gasteiger partial charge is 0.324 e. The van der Waals surface area contributed by atoms with E-state index in [1.807, 2.05) is 54.6 Å². The minimum atomic E-state index is -0.676. The summed E-state index contributed by atoms with van der Waals surface area (Å²) < 4.78 is 2.11. The number of anilines is 2. The molecule has 1 amide bonds. The van der Waals surface area contributed by atoms with Crippen molar-refractivity contribution in [1.29, 1.82) is 0 Å². The maximum absolute atomic E-state index is 12.1. The average Bonchev–Trinajstić information content (AvgIpc) is 3.11. The number of amides is 1. The standard InChI is InChI=1S/C20H22N8OS/c1-13-10-16(26-25-13)24-18-12-27(11-17-22-8-9-28(17)18)30-15-4-2-14(3-5-15)23-19(29)20(21)6-7-20/h2-5,8-10,12H,6-7,11,21H2,1H3,(H,23,29)(H2,24,25,26)/q+1. The van der Waals surface area contributed by atoms with Gasteiger partial charge in [-0.05, 0) is 60.9 Å². The first-order valence-electron chi connectivity index (χ1n) is 9.67. The van der Waals surface area contributed by atoms with Crippen LogP contribution in [-0.2, 0) is 4.79 Å². The van der Waals surface area contributed by atoms with E-state index in [0.717, 1.165) is 46.6 Å². The Morgan fingerprint density at radius 1 is 1.33 bits per heavy atom. The zero-order valence-corrected chi connectivity index (χ0v) is 17.2. The van der Waals surface area contributed by atoms with Crippen molar-refractivity contribution >= 4 is 35.2 Å². The number of nitrogens with zero attached hydrogens (tertiary/aromatic N) is 4. The number of fused-ring (bicyclic) bond motifs is 1. The fraction of sp³-hybridized carbons (Fsp3) is 0.250. The summed E-state index contributed by atoms with van der Waals surface area (Å²) in [5.74, 6) is 2.44. The molecule has 0 spiro atoms. The van der Waals surface area contributed by atoms with E-state index in [-0.39, 0.29) is 5.91 Å². The zero-order chi connectivity index (χ0) is 20.7. The number of nitrogens with one attached hydrogen (secondary N) is 3. The Balaban J connectivity index is 1.28. The van der Waals surface area contributed by atoms with Gasteiger partial charge in [0.05, 0.1) is 17.9 Å². The second-order valence-electron chi connectivity index (χ2n) is 7.59. The number of nitrogens with two attached hydrogens (primary N) is 1. The number of H-pyrrole nitrogens is 1. The van der Waals surface area contributed by atoms with E-state index in [4.69, 9.17) is 5.73 Å². The first-order chi connectivity index (χ1) is 14.5. The Morgan fingerprint density at radius 3 is 2.83 bits per heavy atom. The molecule has 2 aliphatic heterocycles. The van der Waals surface area contributed by atoms with Crippen LogP contribution in [0.5, 0.6) is 0 Å². The lowest BCUT2D eigenvalue weighted by Gasteiger charge is -2.24. The summed E-state index contributed by atoms with van der Waals surface area (Å²) in [6, 6.07) is 9.70. The Labute approximate surface area is 178 Å². The van der Waals surface area contributed by atoms with Crippen molar-refractivity contribution in [2.45, 2.75) is 30.2 Å². The fourth-order valence-electron chi connectivity index (χ4n) is 3.17. The molecule has 2 aromatic rings. The number of aromatic nitrogens is 2. The highest BCUT2D eigenvalue weighted by Gasteiger charge is 2.46. The third-order valence-corrected chi connectivity index (χ3v) is 6.03. The number of benzene rings is 1. The molecule has 3 heterocycles. The molecule has 3 aliphatic rings. The molecule has 5 N–H and O–H groups in total. The number of hydrogen-bond donors (Lipinski definition) is 4. The smallest absolute Gasteiger partial charge is 0.285 e. The Hall–Kier alpha value is -3.08. The van der Waals surface area contributed by atoms with Crippen molar-refractivity contribution in [3.63, 3.8) is 0 Å². The molecule has 1 saturated carbocycles. The topological polar surface area (TPSA) is 117 Å². The molecule has 1 aromatic carbocycles. The molecule has 1 radical (unpaired) electrons. The van der Waals surface area contributed by atoms with E-state index in [1.165, 1.54) is 0 Å². The third-order valence-electron chi connectivity index (χ3n) is 5.08. The second kappa shape index (κ2) is 7.31. The maximum atomic E-state index is 12.1. The molecule has 0 bridgehead atoms. The lowest BCUT2D eigenvalue weighted by atomic mass is 10.2. The Morgan fingerprint density at radius 2 is 2.13 bits per heavy atom. The van der Waals surface area contributed by atoms with Crippen LogP contribution in [0.25, 0.3) is 0 Å². The first-order valence-corrected chi connectivity index (χ1v) is 10.4. The van der Waals surface area contributed by atoms with E-state index >= 15 is 0 Å². The van der Waals surface area contributed by atoms with Crippen LogP contribution in [0, 0.1) is 6.92 Å². The number of carbonyl (C=O) groups excluding carboxylic acids is 1. The van der Waals surface area contributed by atoms with Crippen molar-refractivity contribution in [2.24, 2.45) is 10.7 Å². The van der Waals surface area contributed by atoms with Crippen molar-refractivity contribution < 1.29 is 4.79 Å². The van der Waals surface area contributed by atoms with E-state index in [2.05, 4.69) is 30.1 Å². The van der Waals surface area contributed by atoms with Crippen LogP contribution in [0.4, 0.5) is 11.5 Å². The molecule has 153 valence electrons. The van der Waals surface area contributed by atoms with Crippen LogP contribution < -0.4 is 21.3 Å². The van der Waals surface area contributed by atoms with Crippen LogP contribution in [0.2, 0.25) is 0 Å². The van der Waals surface area contributed by atoms with Gasteiger partial charge in [0.15, 0.2) is 12.0 Å². The molecule has 30 heavy (non-hydrogen) atoms. The van der Waals surface area contributed by atoms with Gasteiger partial charge in [0.2, 0.25) is 5.91 Å². The fourth-order valence-corrected chi connectivity index (χ4v) is 4.03. The van der Waals surface area contributed by atoms with Gasteiger partial charge in [0.1, 0.15) is 6.54 Å². The summed E-state index contributed by atoms with van der Waals surface area (Å²) in [6.45, 7) is 2.62. The summed E-state index contributed by atoms with van der Waals surface area (Å²) in [5.41, 5.74) is 7.00. The molecule has 0 saturated heterocycles. The quantitative estimate of drug-likeness (QED) is 0.420. The summed E-state index contributed by atoms with van der Waals surface area (Å²) >= 11 is 1.59. The van der Waals surface area contributed by atoms with E-state index < -0.39 is 5.54 Å². The molecule has 1 aromatic heterocycles. The second-order valence-corrected chi connectivity index (χ2v) is 8.71. The van der Waals surface area contributed by atoms with Crippen LogP contribution in [-0.4, -0.2) is 38.3 Å². The van der Waals surface area contributed by atoms with Crippen LogP contribution in [0.3, 0.4) is 0 Å². The molecule has 0 unspecified atom stereocenters. The number of aromatic amines is 1. The average molecular weight is 423 g/mol. The molecule has 5 rings (SSSR count). The van der Waals surface area contributed by atoms with Gasteiger partial charge < -0.3 is 11.1 Å². The van der Waals surface area contributed by atoms with Gasteiger partial charge in [0, 0.05) is 22.3 Å². The van der Waals surface area contributed by atoms with Gasteiger partial charge in [-0.2, -0.15) is 10.1 Å². The molecule has 0 atom stereocenters. The van der Waals surface area contributed by atoms with E-state index in [9.17, 15) is 4.79 Å². The van der Waals surface area contributed by atoms with Crippen LogP contribution in [0.15, 0.2) is 64.6 Å². The minimum absolute atomic E-state index is 0.113. The highest BCUT2D eigenvalue weighted by Crippen LogP contribution is 2.34. The highest BCUT2D eigenvalue weighted by atomic mass is 32.2. The maximum Gasteiger partial charge on any atom is 0.285 e. The van der Waals surface area contributed by atoms with Crippen molar-refractivity contribution in [3.8, 4) is 0 Å². The molecule has 1 aliphatic carbocycles. The van der Waals surface area contributed by atoms with E-state index in [0.29, 0.717) is 6.54 Å². The molecular weight excluding hydrogens is 400 g/mol. The van der Waals surface area contributed by atoms with Gasteiger partial charge in [-0.3, -0.25) is 19.5 Å². The normalized spacial score (nSPS) is 19.2. The predicted octanol–water partition coefficient (Wildman–Crippen LogP) is 2.41. The molecule has 9 nitrogen and oxygen atoms in total. The predicted molar refractivity (Wildman–Crippen MR) is 118 cm³/mol. The summed E-state index contributed by atoms with van der Waals surface area (Å²) in [6.07, 6.45) is 7.24. The van der Waals surface area contributed by atoms with Crippen molar-refractivity contribution in [3.05, 3.63) is 60.4 Å². The summed E-state index contributed by atoms with van der Waals surface area (Å²) in [5, 5.41) is 13.4. The zero-order valence-electron chi connectivity index (χ0n) is 16.4. The lowest BCUT2D eigenvalue weighted by Crippen LogP contribution is -2.42. The third kappa shape index (κ3) is 3.84. The number of amidine groups is 1. The molecule has 1 fully saturated rings. The van der Waals surface area contributed by atoms with Gasteiger partial charge in [-0.25, -0.2) is 0 Å². The number of aliphatic imine (C=N–C) groups is 1. The number of hydrogen-bond acceptors (Lipinski definition) is 8. The van der Waals surface area contributed by atoms with Crippen LogP contribution in [0.1, 0.15) is 18.5 Å². The van der Waals surface area contributed by atoms with Gasteiger partial charge >= 0.3 is 0 Å². The lowest BCUT2D eigenvalue weighted by molar-refractivity contribution is -0.118. The van der Waals surface area contributed by atoms with Crippen molar-refractivity contribution in [2.75, 3.05) is 17.2 Å². The Kier molecular flexibility index (Phi) is 4.61. The Bertz CT molecular complexity index is 1070. The molecular formula is C20H22N8OS+. The van der Waals surface area contributed by atoms with Crippen molar-refractivity contribution in [1.82, 2.24) is 19.4 Å². The summed E-state index contributed by atoms with van der Waals surface area (Å²) in [4.78, 5) is 19.6. The first kappa shape index (κ1) is 18.9. The van der Waals surface area contributed by atoms with E-state index in [1.54, 1.807) is 18.1 Å².